The van der Waals surface area contributed by atoms with Gasteiger partial charge in [0.05, 0.1) is 17.1 Å². The summed E-state index contributed by atoms with van der Waals surface area (Å²) >= 11 is 0. The van der Waals surface area contributed by atoms with Crippen molar-refractivity contribution in [2.45, 2.75) is 0 Å². The predicted molar refractivity (Wildman–Crippen MR) is 46.4 cm³/mol. The van der Waals surface area contributed by atoms with Gasteiger partial charge in [-0.2, -0.15) is 5.11 Å². The maximum Gasteiger partial charge on any atom is 0.281 e. The Kier molecular flexibility index (Phi) is 1.25. The second-order valence-electron chi connectivity index (χ2n) is 2.92. The van der Waals surface area contributed by atoms with Crippen LogP contribution < -0.4 is 10.6 Å². The molecule has 0 radical (unpaired) electrons. The second-order valence-corrected chi connectivity index (χ2v) is 2.92. The monoisotopic (exact) mass is 184 g/mol. The molecule has 0 unspecified atom stereocenters. The molecule has 0 atom stereocenters. The van der Waals surface area contributed by atoms with E-state index in [9.17, 15) is 4.79 Å². The van der Waals surface area contributed by atoms with Crippen molar-refractivity contribution in [1.82, 2.24) is 4.98 Å². The Bertz CT molecular complexity index is 612. The van der Waals surface area contributed by atoms with E-state index in [0.717, 1.165) is 5.22 Å². The van der Waals surface area contributed by atoms with Gasteiger partial charge in [0, 0.05) is 17.6 Å². The van der Waals surface area contributed by atoms with Gasteiger partial charge in [-0.3, -0.25) is 9.78 Å². The fraction of sp³-hybridized carbons (Fsp3) is 0. The number of fused-ring (bicyclic) bond motifs is 2. The molecule has 0 spiro atoms. The maximum absolute atomic E-state index is 11.4. The summed E-state index contributed by atoms with van der Waals surface area (Å²) < 4.78 is 0. The van der Waals surface area contributed by atoms with Gasteiger partial charge in [0.1, 0.15) is 5.70 Å². The lowest BCUT2D eigenvalue weighted by Gasteiger charge is -2.02. The highest BCUT2D eigenvalue weighted by atomic mass is 16.1. The summed E-state index contributed by atoms with van der Waals surface area (Å²) in [6, 6.07) is 1.69. The third kappa shape index (κ3) is 0.806. The van der Waals surface area contributed by atoms with Crippen LogP contribution >= 0.6 is 0 Å². The lowest BCUT2D eigenvalue weighted by Crippen LogP contribution is -2.33. The highest BCUT2D eigenvalue weighted by Crippen LogP contribution is 2.20. The molecule has 5 heteroatoms. The summed E-state index contributed by atoms with van der Waals surface area (Å²) in [4.78, 5) is 19.3. The van der Waals surface area contributed by atoms with Crippen LogP contribution in [0.4, 0.5) is 0 Å². The molecule has 1 amide bonds. The molecule has 0 aromatic carbocycles. The number of aromatic nitrogens is 1. The van der Waals surface area contributed by atoms with Crippen LogP contribution in [0.2, 0.25) is 0 Å². The third-order valence-electron chi connectivity index (χ3n) is 2.11. The molecule has 1 aromatic heterocycles. The minimum Gasteiger partial charge on any atom is -0.267 e. The van der Waals surface area contributed by atoms with E-state index in [-0.39, 0.29) is 5.91 Å². The molecular weight excluding hydrogens is 180 g/mol. The van der Waals surface area contributed by atoms with E-state index in [2.05, 4.69) is 20.2 Å². The molecule has 5 nitrogen and oxygen atoms in total. The number of hydrogen-bond donors (Lipinski definition) is 0. The zero-order valence-corrected chi connectivity index (χ0v) is 7.01. The van der Waals surface area contributed by atoms with Crippen LogP contribution in [0.1, 0.15) is 0 Å². The maximum atomic E-state index is 11.4. The first-order valence-electron chi connectivity index (χ1n) is 4.05. The Hall–Kier alpha value is -2.17. The minimum atomic E-state index is -0.288. The van der Waals surface area contributed by atoms with Crippen LogP contribution in [-0.2, 0) is 4.79 Å². The molecule has 0 N–H and O–H groups in total. The third-order valence-corrected chi connectivity index (χ3v) is 2.11. The molecular formula is C9H4N4O. The number of pyridine rings is 1. The fourth-order valence-electron chi connectivity index (χ4n) is 1.45. The van der Waals surface area contributed by atoms with E-state index in [1.807, 2.05) is 0 Å². The van der Waals surface area contributed by atoms with Crippen molar-refractivity contribution in [2.75, 3.05) is 0 Å². The molecule has 66 valence electrons. The van der Waals surface area contributed by atoms with Crippen molar-refractivity contribution in [3.05, 3.63) is 40.8 Å². The van der Waals surface area contributed by atoms with Gasteiger partial charge < -0.3 is 0 Å². The van der Waals surface area contributed by atoms with Crippen LogP contribution in [0.15, 0.2) is 45.5 Å². The highest BCUT2D eigenvalue weighted by Gasteiger charge is 2.22. The van der Waals surface area contributed by atoms with Gasteiger partial charge in [0.25, 0.3) is 5.91 Å². The summed E-state index contributed by atoms with van der Waals surface area (Å²) in [7, 11) is 0. The van der Waals surface area contributed by atoms with Gasteiger partial charge in [-0.15, -0.1) is 5.11 Å². The largest absolute Gasteiger partial charge is 0.281 e. The molecule has 0 bridgehead atoms. The van der Waals surface area contributed by atoms with Crippen LogP contribution in [0.3, 0.4) is 0 Å². The van der Waals surface area contributed by atoms with Crippen LogP contribution in [0.5, 0.6) is 0 Å². The van der Waals surface area contributed by atoms with Crippen molar-refractivity contribution >= 4 is 11.6 Å². The van der Waals surface area contributed by atoms with Gasteiger partial charge in [-0.05, 0) is 6.07 Å². The Morgan fingerprint density at radius 2 is 2.21 bits per heavy atom. The average Bonchev–Trinajstić information content (AvgIpc) is 2.67. The SMILES string of the molecule is O=C1N=c2ccncc2=C2N=NC=C12. The van der Waals surface area contributed by atoms with Crippen molar-refractivity contribution in [2.24, 2.45) is 15.2 Å². The van der Waals surface area contributed by atoms with Crippen molar-refractivity contribution in [3.63, 3.8) is 0 Å². The van der Waals surface area contributed by atoms with E-state index in [0.29, 0.717) is 16.6 Å². The Labute approximate surface area is 78.2 Å². The molecule has 3 heterocycles. The minimum absolute atomic E-state index is 0.288. The number of carbonyl (C=O) groups excluding carboxylic acids is 1. The predicted octanol–water partition coefficient (Wildman–Crippen LogP) is -0.301. The zero-order chi connectivity index (χ0) is 9.54. The summed E-state index contributed by atoms with van der Waals surface area (Å²) in [5, 5.41) is 8.94. The molecule has 1 aromatic rings. The Morgan fingerprint density at radius 1 is 1.29 bits per heavy atom. The van der Waals surface area contributed by atoms with Crippen molar-refractivity contribution in [1.29, 1.82) is 0 Å². The molecule has 2 aliphatic rings. The van der Waals surface area contributed by atoms with Gasteiger partial charge in [0.15, 0.2) is 0 Å². The fourth-order valence-corrected chi connectivity index (χ4v) is 1.45. The summed E-state index contributed by atoms with van der Waals surface area (Å²) in [6.45, 7) is 0. The molecule has 14 heavy (non-hydrogen) atoms. The number of amides is 1. The molecule has 0 fully saturated rings. The van der Waals surface area contributed by atoms with Crippen LogP contribution in [-0.4, -0.2) is 10.9 Å². The smallest absolute Gasteiger partial charge is 0.267 e. The van der Waals surface area contributed by atoms with Crippen LogP contribution in [0.25, 0.3) is 5.70 Å². The van der Waals surface area contributed by atoms with Gasteiger partial charge >= 0.3 is 0 Å². The number of hydrogen-bond acceptors (Lipinski definition) is 4. The standard InChI is InChI=1S/C9H4N4O/c14-9-6-4-11-13-8(6)5-3-10-2-1-7(5)12-9/h1-4H. The first kappa shape index (κ1) is 7.25. The van der Waals surface area contributed by atoms with Gasteiger partial charge in [-0.25, -0.2) is 4.99 Å². The Morgan fingerprint density at radius 3 is 3.14 bits per heavy atom. The summed E-state index contributed by atoms with van der Waals surface area (Å²) in [5.41, 5.74) is 1.03. The van der Waals surface area contributed by atoms with E-state index in [1.165, 1.54) is 6.20 Å². The molecule has 0 aliphatic carbocycles. The lowest BCUT2D eigenvalue weighted by molar-refractivity contribution is -0.114. The lowest BCUT2D eigenvalue weighted by atomic mass is 10.1. The summed E-state index contributed by atoms with van der Waals surface area (Å²) in [5.74, 6) is -0.288. The second kappa shape index (κ2) is 2.41. The van der Waals surface area contributed by atoms with E-state index >= 15 is 0 Å². The Balaban J connectivity index is 2.57. The number of carbonyl (C=O) groups is 1. The highest BCUT2D eigenvalue weighted by molar-refractivity contribution is 6.07. The number of nitrogens with zero attached hydrogens (tertiary/aromatic N) is 4. The zero-order valence-electron chi connectivity index (χ0n) is 7.01. The van der Waals surface area contributed by atoms with E-state index < -0.39 is 0 Å². The molecule has 0 saturated heterocycles. The first-order chi connectivity index (χ1) is 6.86. The topological polar surface area (TPSA) is 67.0 Å². The summed E-state index contributed by atoms with van der Waals surface area (Å²) in [6.07, 6.45) is 4.66. The van der Waals surface area contributed by atoms with Crippen molar-refractivity contribution in [3.8, 4) is 0 Å². The van der Waals surface area contributed by atoms with Gasteiger partial charge in [-0.1, -0.05) is 0 Å². The normalized spacial score (nSPS) is 17.3. The number of rotatable bonds is 0. The molecule has 3 rings (SSSR count). The average molecular weight is 184 g/mol. The quantitative estimate of drug-likeness (QED) is 0.555. The molecule has 0 saturated carbocycles. The number of azo groups is 1. The van der Waals surface area contributed by atoms with Crippen molar-refractivity contribution < 1.29 is 4.79 Å². The van der Waals surface area contributed by atoms with Gasteiger partial charge in [0.2, 0.25) is 0 Å². The van der Waals surface area contributed by atoms with E-state index in [4.69, 9.17) is 0 Å². The van der Waals surface area contributed by atoms with Crippen LogP contribution in [0, 0.1) is 0 Å². The molecule has 2 aliphatic heterocycles. The van der Waals surface area contributed by atoms with E-state index in [1.54, 1.807) is 18.5 Å². The first-order valence-corrected chi connectivity index (χ1v) is 4.05.